The molecule has 1 aromatic rings. The number of carboxylic acids is 1. The first kappa shape index (κ1) is 16.7. The van der Waals surface area contributed by atoms with Crippen molar-refractivity contribution in [2.24, 2.45) is 5.92 Å². The number of carbonyl (C=O) groups is 2. The van der Waals surface area contributed by atoms with Crippen molar-refractivity contribution in [1.29, 1.82) is 0 Å². The minimum Gasteiger partial charge on any atom is -0.481 e. The van der Waals surface area contributed by atoms with Crippen molar-refractivity contribution in [2.45, 2.75) is 39.2 Å². The van der Waals surface area contributed by atoms with Gasteiger partial charge in [0.1, 0.15) is 0 Å². The topological polar surface area (TPSA) is 66.4 Å². The predicted octanol–water partition coefficient (Wildman–Crippen LogP) is 3.52. The highest BCUT2D eigenvalue weighted by Gasteiger charge is 2.19. The molecule has 0 aliphatic heterocycles. The Hall–Kier alpha value is -1.36. The highest BCUT2D eigenvalue weighted by atomic mass is 79.9. The first-order valence-corrected chi connectivity index (χ1v) is 7.48. The van der Waals surface area contributed by atoms with E-state index in [4.69, 9.17) is 5.11 Å². The number of amides is 1. The average molecular weight is 342 g/mol. The van der Waals surface area contributed by atoms with Crippen LogP contribution in [0.25, 0.3) is 0 Å². The van der Waals surface area contributed by atoms with E-state index in [0.29, 0.717) is 12.3 Å². The van der Waals surface area contributed by atoms with Crippen LogP contribution in [0.1, 0.15) is 44.7 Å². The Morgan fingerprint density at radius 1 is 1.35 bits per heavy atom. The lowest BCUT2D eigenvalue weighted by molar-refractivity contribution is -0.137. The smallest absolute Gasteiger partial charge is 0.305 e. The van der Waals surface area contributed by atoms with Gasteiger partial charge < -0.3 is 10.4 Å². The van der Waals surface area contributed by atoms with Crippen LogP contribution in [0.2, 0.25) is 0 Å². The minimum absolute atomic E-state index is 0.106. The lowest BCUT2D eigenvalue weighted by Gasteiger charge is -2.19. The fourth-order valence-corrected chi connectivity index (χ4v) is 2.28. The summed E-state index contributed by atoms with van der Waals surface area (Å²) < 4.78 is 0.863. The lowest BCUT2D eigenvalue weighted by atomic mass is 10.0. The van der Waals surface area contributed by atoms with Crippen LogP contribution in [0.4, 0.5) is 0 Å². The molecule has 0 radical (unpaired) electrons. The average Bonchev–Trinajstić information content (AvgIpc) is 2.37. The van der Waals surface area contributed by atoms with Crippen LogP contribution in [-0.4, -0.2) is 17.0 Å². The molecule has 0 spiro atoms. The number of benzene rings is 1. The molecule has 1 rings (SSSR count). The number of aliphatic carboxylic acids is 1. The van der Waals surface area contributed by atoms with Gasteiger partial charge in [0.15, 0.2) is 0 Å². The SMILES string of the molecule is CCC(C)CC(=O)NC(CC(=O)O)c1cccc(Br)c1. The summed E-state index contributed by atoms with van der Waals surface area (Å²) in [6.07, 6.45) is 1.22. The van der Waals surface area contributed by atoms with Gasteiger partial charge in [-0.3, -0.25) is 9.59 Å². The molecule has 2 N–H and O–H groups in total. The van der Waals surface area contributed by atoms with Crippen molar-refractivity contribution in [3.63, 3.8) is 0 Å². The summed E-state index contributed by atoms with van der Waals surface area (Å²) >= 11 is 3.35. The van der Waals surface area contributed by atoms with Crippen LogP contribution in [0, 0.1) is 5.92 Å². The van der Waals surface area contributed by atoms with E-state index in [-0.39, 0.29) is 12.3 Å². The Morgan fingerprint density at radius 3 is 2.60 bits per heavy atom. The maximum atomic E-state index is 11.9. The summed E-state index contributed by atoms with van der Waals surface area (Å²) in [5.74, 6) is -0.743. The third-order valence-electron chi connectivity index (χ3n) is 3.20. The summed E-state index contributed by atoms with van der Waals surface area (Å²) in [4.78, 5) is 22.9. The van der Waals surface area contributed by atoms with E-state index in [1.807, 2.05) is 38.1 Å². The van der Waals surface area contributed by atoms with E-state index in [1.165, 1.54) is 0 Å². The molecule has 1 aromatic carbocycles. The second-order valence-corrected chi connectivity index (χ2v) is 5.91. The number of halogens is 1. The van der Waals surface area contributed by atoms with Crippen LogP contribution in [0.5, 0.6) is 0 Å². The summed E-state index contributed by atoms with van der Waals surface area (Å²) in [7, 11) is 0. The number of rotatable bonds is 7. The second kappa shape index (κ2) is 8.04. The minimum atomic E-state index is -0.932. The summed E-state index contributed by atoms with van der Waals surface area (Å²) in [6.45, 7) is 4.03. The van der Waals surface area contributed by atoms with Crippen molar-refractivity contribution in [2.75, 3.05) is 0 Å². The molecule has 0 aliphatic carbocycles. The summed E-state index contributed by atoms with van der Waals surface area (Å²) in [5.41, 5.74) is 0.791. The maximum Gasteiger partial charge on any atom is 0.305 e. The lowest BCUT2D eigenvalue weighted by Crippen LogP contribution is -2.31. The number of nitrogens with one attached hydrogen (secondary N) is 1. The molecular weight excluding hydrogens is 322 g/mol. The third-order valence-corrected chi connectivity index (χ3v) is 3.69. The number of carbonyl (C=O) groups excluding carboxylic acids is 1. The zero-order valence-corrected chi connectivity index (χ0v) is 13.3. The van der Waals surface area contributed by atoms with Gasteiger partial charge in [-0.2, -0.15) is 0 Å². The van der Waals surface area contributed by atoms with Crippen molar-refractivity contribution in [1.82, 2.24) is 5.32 Å². The zero-order chi connectivity index (χ0) is 15.1. The van der Waals surface area contributed by atoms with Gasteiger partial charge in [0.2, 0.25) is 5.91 Å². The number of hydrogen-bond donors (Lipinski definition) is 2. The van der Waals surface area contributed by atoms with E-state index in [9.17, 15) is 9.59 Å². The van der Waals surface area contributed by atoms with Crippen LogP contribution in [-0.2, 0) is 9.59 Å². The summed E-state index contributed by atoms with van der Waals surface area (Å²) in [5, 5.41) is 11.8. The molecule has 0 saturated carbocycles. The highest BCUT2D eigenvalue weighted by molar-refractivity contribution is 9.10. The molecular formula is C15H20BrNO3. The van der Waals surface area contributed by atoms with E-state index >= 15 is 0 Å². The molecule has 4 nitrogen and oxygen atoms in total. The van der Waals surface area contributed by atoms with Crippen molar-refractivity contribution >= 4 is 27.8 Å². The van der Waals surface area contributed by atoms with Gasteiger partial charge in [0, 0.05) is 10.9 Å². The predicted molar refractivity (Wildman–Crippen MR) is 81.4 cm³/mol. The summed E-state index contributed by atoms with van der Waals surface area (Å²) in [6, 6.07) is 6.85. The monoisotopic (exact) mass is 341 g/mol. The Bertz CT molecular complexity index is 476. The molecule has 0 heterocycles. The molecule has 20 heavy (non-hydrogen) atoms. The maximum absolute atomic E-state index is 11.9. The third kappa shape index (κ3) is 5.74. The van der Waals surface area contributed by atoms with Gasteiger partial charge in [-0.15, -0.1) is 0 Å². The van der Waals surface area contributed by atoms with Gasteiger partial charge in [0.25, 0.3) is 0 Å². The van der Waals surface area contributed by atoms with E-state index < -0.39 is 12.0 Å². The van der Waals surface area contributed by atoms with Gasteiger partial charge in [-0.05, 0) is 23.6 Å². The zero-order valence-electron chi connectivity index (χ0n) is 11.7. The Labute approximate surface area is 127 Å². The van der Waals surface area contributed by atoms with Crippen molar-refractivity contribution < 1.29 is 14.7 Å². The van der Waals surface area contributed by atoms with E-state index in [0.717, 1.165) is 16.5 Å². The fraction of sp³-hybridized carbons (Fsp3) is 0.467. The van der Waals surface area contributed by atoms with Gasteiger partial charge in [-0.25, -0.2) is 0 Å². The van der Waals surface area contributed by atoms with Crippen LogP contribution in [0.3, 0.4) is 0 Å². The normalized spacial score (nSPS) is 13.6. The van der Waals surface area contributed by atoms with Crippen LogP contribution in [0.15, 0.2) is 28.7 Å². The quantitative estimate of drug-likeness (QED) is 0.797. The molecule has 5 heteroatoms. The van der Waals surface area contributed by atoms with Gasteiger partial charge in [0.05, 0.1) is 12.5 Å². The van der Waals surface area contributed by atoms with E-state index in [1.54, 1.807) is 0 Å². The Balaban J connectivity index is 2.79. The van der Waals surface area contributed by atoms with Gasteiger partial charge in [-0.1, -0.05) is 48.3 Å². The molecule has 2 atom stereocenters. The molecule has 0 aliphatic rings. The van der Waals surface area contributed by atoms with Crippen molar-refractivity contribution in [3.8, 4) is 0 Å². The molecule has 0 fully saturated rings. The first-order chi connectivity index (χ1) is 9.42. The standard InChI is InChI=1S/C15H20BrNO3/c1-3-10(2)7-14(18)17-13(9-15(19)20)11-5-4-6-12(16)8-11/h4-6,8,10,13H,3,7,9H2,1-2H3,(H,17,18)(H,19,20). The molecule has 110 valence electrons. The largest absolute Gasteiger partial charge is 0.481 e. The Kier molecular flexibility index (Phi) is 6.71. The molecule has 1 amide bonds. The number of carboxylic acid groups (broad SMARTS) is 1. The highest BCUT2D eigenvalue weighted by Crippen LogP contribution is 2.21. The van der Waals surface area contributed by atoms with Crippen LogP contribution < -0.4 is 5.32 Å². The second-order valence-electron chi connectivity index (χ2n) is 4.99. The number of hydrogen-bond acceptors (Lipinski definition) is 2. The Morgan fingerprint density at radius 2 is 2.05 bits per heavy atom. The molecule has 0 aromatic heterocycles. The first-order valence-electron chi connectivity index (χ1n) is 6.69. The van der Waals surface area contributed by atoms with Gasteiger partial charge >= 0.3 is 5.97 Å². The van der Waals surface area contributed by atoms with E-state index in [2.05, 4.69) is 21.2 Å². The molecule has 0 saturated heterocycles. The fourth-order valence-electron chi connectivity index (χ4n) is 1.86. The molecule has 0 bridgehead atoms. The molecule has 2 unspecified atom stereocenters. The van der Waals surface area contributed by atoms with Crippen LogP contribution >= 0.6 is 15.9 Å². The van der Waals surface area contributed by atoms with Crippen molar-refractivity contribution in [3.05, 3.63) is 34.3 Å².